The molecule has 1 saturated heterocycles. The molecule has 2 aromatic rings. The first kappa shape index (κ1) is 18.9. The molecule has 0 aromatic heterocycles. The Morgan fingerprint density at radius 3 is 1.50 bits per heavy atom. The highest BCUT2D eigenvalue weighted by molar-refractivity contribution is 5.85. The van der Waals surface area contributed by atoms with E-state index in [2.05, 4.69) is 65.6 Å². The molecule has 0 radical (unpaired) electrons. The first-order valence-electron chi connectivity index (χ1n) is 7.18. The predicted octanol–water partition coefficient (Wildman–Crippen LogP) is 3.11. The Morgan fingerprint density at radius 2 is 1.09 bits per heavy atom. The van der Waals surface area contributed by atoms with E-state index < -0.39 is 0 Å². The van der Waals surface area contributed by atoms with Crippen LogP contribution in [-0.4, -0.2) is 36.1 Å². The summed E-state index contributed by atoms with van der Waals surface area (Å²) in [6.45, 7) is 3.86. The highest BCUT2D eigenvalue weighted by atomic mass is 35.5. The van der Waals surface area contributed by atoms with Crippen LogP contribution in [0.15, 0.2) is 60.7 Å². The maximum Gasteiger partial charge on any atom is 0.0602 e. The molecule has 5 heteroatoms. The van der Waals surface area contributed by atoms with Crippen LogP contribution in [-0.2, 0) is 0 Å². The van der Waals surface area contributed by atoms with Crippen molar-refractivity contribution < 1.29 is 0 Å². The Balaban J connectivity index is 0.00000121. The normalized spacial score (nSPS) is 15.9. The minimum absolute atomic E-state index is 0. The van der Waals surface area contributed by atoms with Crippen molar-refractivity contribution in [3.8, 4) is 0 Å². The van der Waals surface area contributed by atoms with Crippen LogP contribution < -0.4 is 5.84 Å². The summed E-state index contributed by atoms with van der Waals surface area (Å²) in [4.78, 5) is 2.52. The van der Waals surface area contributed by atoms with Gasteiger partial charge in [0.2, 0.25) is 0 Å². The molecule has 3 rings (SSSR count). The quantitative estimate of drug-likeness (QED) is 0.872. The molecule has 2 aromatic carbocycles. The smallest absolute Gasteiger partial charge is 0.0602 e. The van der Waals surface area contributed by atoms with E-state index in [1.807, 2.05) is 5.01 Å². The van der Waals surface area contributed by atoms with E-state index in [1.54, 1.807) is 0 Å². The summed E-state index contributed by atoms with van der Waals surface area (Å²) in [6.07, 6.45) is 0. The molecule has 0 atom stereocenters. The van der Waals surface area contributed by atoms with Crippen molar-refractivity contribution in [3.05, 3.63) is 71.8 Å². The van der Waals surface area contributed by atoms with Gasteiger partial charge in [0.1, 0.15) is 0 Å². The number of hydrogen-bond acceptors (Lipinski definition) is 3. The van der Waals surface area contributed by atoms with Gasteiger partial charge in [-0.1, -0.05) is 60.7 Å². The topological polar surface area (TPSA) is 32.5 Å². The minimum atomic E-state index is 0. The van der Waals surface area contributed by atoms with Crippen molar-refractivity contribution in [1.82, 2.24) is 9.91 Å². The van der Waals surface area contributed by atoms with Crippen LogP contribution >= 0.6 is 24.8 Å². The summed E-state index contributed by atoms with van der Waals surface area (Å²) in [5.74, 6) is 5.88. The van der Waals surface area contributed by atoms with Crippen molar-refractivity contribution in [1.29, 1.82) is 0 Å². The highest BCUT2D eigenvalue weighted by Gasteiger charge is 2.25. The third-order valence-corrected chi connectivity index (χ3v) is 3.94. The number of rotatable bonds is 3. The van der Waals surface area contributed by atoms with Gasteiger partial charge < -0.3 is 0 Å². The van der Waals surface area contributed by atoms with Crippen LogP contribution in [0.4, 0.5) is 0 Å². The van der Waals surface area contributed by atoms with Gasteiger partial charge in [-0.2, -0.15) is 0 Å². The lowest BCUT2D eigenvalue weighted by atomic mass is 9.96. The van der Waals surface area contributed by atoms with Crippen LogP contribution in [0.3, 0.4) is 0 Å². The molecule has 0 amide bonds. The number of nitrogens with zero attached hydrogens (tertiary/aromatic N) is 2. The van der Waals surface area contributed by atoms with E-state index in [-0.39, 0.29) is 24.8 Å². The summed E-state index contributed by atoms with van der Waals surface area (Å²) < 4.78 is 0. The minimum Gasteiger partial charge on any atom is -0.290 e. The van der Waals surface area contributed by atoms with Crippen molar-refractivity contribution in [2.75, 3.05) is 26.2 Å². The van der Waals surface area contributed by atoms with Crippen LogP contribution in [0.25, 0.3) is 0 Å². The molecule has 1 aliphatic heterocycles. The Bertz CT molecular complexity index is 489. The zero-order chi connectivity index (χ0) is 13.8. The SMILES string of the molecule is Cl.Cl.NN1CCN(C(c2ccccc2)c2ccccc2)CC1. The summed E-state index contributed by atoms with van der Waals surface area (Å²) in [7, 11) is 0. The molecule has 0 bridgehead atoms. The molecule has 1 fully saturated rings. The van der Waals surface area contributed by atoms with E-state index in [0.29, 0.717) is 6.04 Å². The molecule has 1 aliphatic rings. The average molecular weight is 340 g/mol. The largest absolute Gasteiger partial charge is 0.290 e. The molecule has 2 N–H and O–H groups in total. The number of hydrazine groups is 1. The molecular formula is C17H23Cl2N3. The predicted molar refractivity (Wildman–Crippen MR) is 96.6 cm³/mol. The number of benzene rings is 2. The van der Waals surface area contributed by atoms with Gasteiger partial charge in [-0.15, -0.1) is 24.8 Å². The van der Waals surface area contributed by atoms with E-state index >= 15 is 0 Å². The fraction of sp³-hybridized carbons (Fsp3) is 0.294. The molecule has 0 unspecified atom stereocenters. The van der Waals surface area contributed by atoms with Gasteiger partial charge >= 0.3 is 0 Å². The lowest BCUT2D eigenvalue weighted by Gasteiger charge is -2.38. The van der Waals surface area contributed by atoms with Gasteiger partial charge in [0.05, 0.1) is 6.04 Å². The lowest BCUT2D eigenvalue weighted by molar-refractivity contribution is 0.110. The molecule has 120 valence electrons. The molecular weight excluding hydrogens is 317 g/mol. The fourth-order valence-corrected chi connectivity index (χ4v) is 2.88. The third kappa shape index (κ3) is 4.45. The van der Waals surface area contributed by atoms with E-state index in [1.165, 1.54) is 11.1 Å². The van der Waals surface area contributed by atoms with Gasteiger partial charge in [0, 0.05) is 26.2 Å². The van der Waals surface area contributed by atoms with E-state index in [0.717, 1.165) is 26.2 Å². The maximum absolute atomic E-state index is 5.88. The van der Waals surface area contributed by atoms with Crippen LogP contribution in [0.1, 0.15) is 17.2 Å². The van der Waals surface area contributed by atoms with Gasteiger partial charge in [-0.3, -0.25) is 10.7 Å². The molecule has 0 aliphatic carbocycles. The number of hydrogen-bond donors (Lipinski definition) is 1. The van der Waals surface area contributed by atoms with Crippen molar-refractivity contribution in [2.45, 2.75) is 6.04 Å². The Morgan fingerprint density at radius 1 is 0.682 bits per heavy atom. The standard InChI is InChI=1S/C17H21N3.2ClH/c18-20-13-11-19(12-14-20)17(15-7-3-1-4-8-15)16-9-5-2-6-10-16;;/h1-10,17H,11-14,18H2;2*1H. The molecule has 0 spiro atoms. The fourth-order valence-electron chi connectivity index (χ4n) is 2.88. The molecule has 1 heterocycles. The van der Waals surface area contributed by atoms with Crippen molar-refractivity contribution >= 4 is 24.8 Å². The number of piperazine rings is 1. The molecule has 22 heavy (non-hydrogen) atoms. The number of halogens is 2. The first-order valence-corrected chi connectivity index (χ1v) is 7.18. The molecule has 0 saturated carbocycles. The zero-order valence-electron chi connectivity index (χ0n) is 12.5. The first-order chi connectivity index (χ1) is 9.84. The van der Waals surface area contributed by atoms with Crippen molar-refractivity contribution in [2.24, 2.45) is 5.84 Å². The summed E-state index contributed by atoms with van der Waals surface area (Å²) in [6, 6.07) is 21.8. The Kier molecular flexibility index (Phi) is 7.87. The van der Waals surface area contributed by atoms with Crippen LogP contribution in [0.2, 0.25) is 0 Å². The summed E-state index contributed by atoms with van der Waals surface area (Å²) >= 11 is 0. The second-order valence-corrected chi connectivity index (χ2v) is 5.30. The number of nitrogens with two attached hydrogens (primary N) is 1. The second kappa shape index (κ2) is 9.13. The summed E-state index contributed by atoms with van der Waals surface area (Å²) in [5, 5.41) is 1.91. The Hall–Kier alpha value is -1.10. The maximum atomic E-state index is 5.88. The van der Waals surface area contributed by atoms with Crippen LogP contribution in [0.5, 0.6) is 0 Å². The Labute approximate surface area is 144 Å². The van der Waals surface area contributed by atoms with E-state index in [9.17, 15) is 0 Å². The van der Waals surface area contributed by atoms with Gasteiger partial charge in [0.15, 0.2) is 0 Å². The lowest BCUT2D eigenvalue weighted by Crippen LogP contribution is -2.50. The van der Waals surface area contributed by atoms with Gasteiger partial charge in [0.25, 0.3) is 0 Å². The average Bonchev–Trinajstić information content (AvgIpc) is 2.52. The zero-order valence-corrected chi connectivity index (χ0v) is 14.1. The van der Waals surface area contributed by atoms with Gasteiger partial charge in [-0.25, -0.2) is 5.01 Å². The van der Waals surface area contributed by atoms with Crippen LogP contribution in [0, 0.1) is 0 Å². The molecule has 3 nitrogen and oxygen atoms in total. The van der Waals surface area contributed by atoms with E-state index in [4.69, 9.17) is 5.84 Å². The second-order valence-electron chi connectivity index (χ2n) is 5.30. The summed E-state index contributed by atoms with van der Waals surface area (Å²) in [5.41, 5.74) is 2.70. The monoisotopic (exact) mass is 339 g/mol. The third-order valence-electron chi connectivity index (χ3n) is 3.94. The van der Waals surface area contributed by atoms with Crippen molar-refractivity contribution in [3.63, 3.8) is 0 Å². The highest BCUT2D eigenvalue weighted by Crippen LogP contribution is 2.28. The van der Waals surface area contributed by atoms with Gasteiger partial charge in [-0.05, 0) is 11.1 Å².